The Morgan fingerprint density at radius 3 is 1.90 bits per heavy atom. The number of nitrogens with zero attached hydrogens (tertiary/aromatic N) is 1. The number of carbonyl (C=O) groups is 1. The zero-order valence-corrected chi connectivity index (χ0v) is 13.2. The van der Waals surface area contributed by atoms with Crippen LogP contribution in [-0.2, 0) is 9.05 Å². The molecule has 1 aromatic rings. The maximum atomic E-state index is 12.6. The van der Waals surface area contributed by atoms with Crippen LogP contribution in [0, 0.1) is 11.8 Å². The fraction of sp³-hybridized carbons (Fsp3) is 0.533. The third kappa shape index (κ3) is 3.98. The fourth-order valence-corrected chi connectivity index (χ4v) is 3.18. The molecule has 21 heavy (non-hydrogen) atoms. The van der Waals surface area contributed by atoms with E-state index in [1.807, 2.05) is 4.90 Å². The van der Waals surface area contributed by atoms with Crippen molar-refractivity contribution in [3.8, 4) is 0 Å². The van der Waals surface area contributed by atoms with Crippen LogP contribution in [-0.4, -0.2) is 32.3 Å². The van der Waals surface area contributed by atoms with Gasteiger partial charge in [-0.3, -0.25) is 4.79 Å². The highest BCUT2D eigenvalue weighted by molar-refractivity contribution is 8.13. The quantitative estimate of drug-likeness (QED) is 0.755. The second-order valence-corrected chi connectivity index (χ2v) is 8.63. The summed E-state index contributed by atoms with van der Waals surface area (Å²) in [7, 11) is 1.55. The largest absolute Gasteiger partial charge is 0.338 e. The third-order valence-corrected chi connectivity index (χ3v) is 5.39. The minimum atomic E-state index is -3.74. The Kier molecular flexibility index (Phi) is 3.97. The van der Waals surface area contributed by atoms with Crippen molar-refractivity contribution in [2.24, 2.45) is 11.8 Å². The van der Waals surface area contributed by atoms with E-state index in [0.29, 0.717) is 17.4 Å². The van der Waals surface area contributed by atoms with Crippen LogP contribution in [0.2, 0.25) is 0 Å². The number of benzene rings is 1. The van der Waals surface area contributed by atoms with Crippen molar-refractivity contribution in [1.82, 2.24) is 4.90 Å². The van der Waals surface area contributed by atoms with Gasteiger partial charge in [-0.15, -0.1) is 0 Å². The maximum Gasteiger partial charge on any atom is 0.261 e. The second-order valence-electron chi connectivity index (χ2n) is 6.06. The highest BCUT2D eigenvalue weighted by Gasteiger charge is 2.31. The van der Waals surface area contributed by atoms with Crippen LogP contribution in [0.1, 0.15) is 36.0 Å². The highest BCUT2D eigenvalue weighted by atomic mass is 35.7. The number of carbonyl (C=O) groups excluding carboxylic acids is 1. The Balaban J connectivity index is 1.74. The first kappa shape index (κ1) is 14.9. The number of rotatable bonds is 6. The predicted molar refractivity (Wildman–Crippen MR) is 80.8 cm³/mol. The number of hydrogen-bond donors (Lipinski definition) is 0. The molecule has 0 N–H and O–H groups in total. The van der Waals surface area contributed by atoms with Gasteiger partial charge in [0.2, 0.25) is 0 Å². The summed E-state index contributed by atoms with van der Waals surface area (Å²) in [5, 5.41) is 0. The van der Waals surface area contributed by atoms with E-state index >= 15 is 0 Å². The van der Waals surface area contributed by atoms with E-state index in [1.54, 1.807) is 12.1 Å². The van der Waals surface area contributed by atoms with Gasteiger partial charge in [-0.1, -0.05) is 0 Å². The maximum absolute atomic E-state index is 12.6. The van der Waals surface area contributed by atoms with Crippen LogP contribution in [0.25, 0.3) is 0 Å². The molecule has 0 radical (unpaired) electrons. The van der Waals surface area contributed by atoms with Crippen molar-refractivity contribution >= 4 is 25.6 Å². The van der Waals surface area contributed by atoms with E-state index in [9.17, 15) is 13.2 Å². The predicted octanol–water partition coefficient (Wildman–Crippen LogP) is 2.88. The fourth-order valence-electron chi connectivity index (χ4n) is 2.41. The van der Waals surface area contributed by atoms with Crippen LogP contribution >= 0.6 is 10.7 Å². The summed E-state index contributed by atoms with van der Waals surface area (Å²) in [5.74, 6) is 1.29. The van der Waals surface area contributed by atoms with Crippen molar-refractivity contribution in [2.75, 3.05) is 13.1 Å². The molecule has 0 spiro atoms. The van der Waals surface area contributed by atoms with Gasteiger partial charge in [-0.2, -0.15) is 0 Å². The minimum Gasteiger partial charge on any atom is -0.338 e. The number of halogens is 1. The van der Waals surface area contributed by atoms with E-state index < -0.39 is 9.05 Å². The molecule has 2 saturated carbocycles. The average Bonchev–Trinajstić information content (AvgIpc) is 3.31. The lowest BCUT2D eigenvalue weighted by Crippen LogP contribution is -2.34. The van der Waals surface area contributed by atoms with Gasteiger partial charge in [0.15, 0.2) is 0 Å². The molecule has 3 rings (SSSR count). The Bertz CT molecular complexity index is 619. The third-order valence-electron chi connectivity index (χ3n) is 4.02. The normalized spacial score (nSPS) is 18.5. The molecule has 0 heterocycles. The van der Waals surface area contributed by atoms with Crippen LogP contribution in [0.5, 0.6) is 0 Å². The second kappa shape index (κ2) is 5.61. The minimum absolute atomic E-state index is 0.00711. The monoisotopic (exact) mass is 327 g/mol. The van der Waals surface area contributed by atoms with E-state index in [0.717, 1.165) is 13.1 Å². The van der Waals surface area contributed by atoms with E-state index in [1.165, 1.54) is 37.8 Å². The molecule has 4 nitrogen and oxygen atoms in total. The zero-order valence-electron chi connectivity index (χ0n) is 11.7. The van der Waals surface area contributed by atoms with Crippen molar-refractivity contribution in [3.05, 3.63) is 29.8 Å². The summed E-state index contributed by atoms with van der Waals surface area (Å²) < 4.78 is 22.5. The van der Waals surface area contributed by atoms with Gasteiger partial charge in [0.1, 0.15) is 0 Å². The van der Waals surface area contributed by atoms with Crippen molar-refractivity contribution < 1.29 is 13.2 Å². The molecule has 2 aliphatic carbocycles. The van der Waals surface area contributed by atoms with Crippen molar-refractivity contribution in [1.29, 1.82) is 0 Å². The molecule has 0 aromatic heterocycles. The average molecular weight is 328 g/mol. The van der Waals surface area contributed by atoms with Gasteiger partial charge in [-0.05, 0) is 61.8 Å². The Morgan fingerprint density at radius 2 is 1.52 bits per heavy atom. The lowest BCUT2D eigenvalue weighted by atomic mass is 10.2. The number of hydrogen-bond acceptors (Lipinski definition) is 3. The van der Waals surface area contributed by atoms with E-state index in [4.69, 9.17) is 10.7 Å². The molecule has 0 bridgehead atoms. The Labute approximate surface area is 129 Å². The topological polar surface area (TPSA) is 54.5 Å². The molecule has 0 unspecified atom stereocenters. The lowest BCUT2D eigenvalue weighted by molar-refractivity contribution is 0.0739. The molecule has 0 atom stereocenters. The Hall–Kier alpha value is -1.07. The standard InChI is InChI=1S/C15H18ClNO3S/c16-21(19,20)14-7-5-13(6-8-14)15(18)17(9-11-1-2-11)10-12-3-4-12/h5-8,11-12H,1-4,9-10H2. The van der Waals surface area contributed by atoms with Gasteiger partial charge >= 0.3 is 0 Å². The molecular weight excluding hydrogens is 310 g/mol. The molecule has 1 aromatic carbocycles. The molecule has 2 aliphatic rings. The summed E-state index contributed by atoms with van der Waals surface area (Å²) in [6, 6.07) is 5.87. The van der Waals surface area contributed by atoms with Crippen LogP contribution < -0.4 is 0 Å². The SMILES string of the molecule is O=C(c1ccc(S(=O)(=O)Cl)cc1)N(CC1CC1)CC1CC1. The first-order valence-corrected chi connectivity index (χ1v) is 9.58. The van der Waals surface area contributed by atoms with E-state index in [2.05, 4.69) is 0 Å². The summed E-state index contributed by atoms with van der Waals surface area (Å²) in [6.07, 6.45) is 4.82. The summed E-state index contributed by atoms with van der Waals surface area (Å²) >= 11 is 0. The summed E-state index contributed by atoms with van der Waals surface area (Å²) in [4.78, 5) is 14.5. The van der Waals surface area contributed by atoms with Gasteiger partial charge < -0.3 is 4.90 Å². The van der Waals surface area contributed by atoms with Crippen LogP contribution in [0.4, 0.5) is 0 Å². The van der Waals surface area contributed by atoms with Crippen molar-refractivity contribution in [3.63, 3.8) is 0 Å². The van der Waals surface area contributed by atoms with Crippen LogP contribution in [0.3, 0.4) is 0 Å². The van der Waals surface area contributed by atoms with Crippen LogP contribution in [0.15, 0.2) is 29.2 Å². The van der Waals surface area contributed by atoms with E-state index in [-0.39, 0.29) is 10.8 Å². The lowest BCUT2D eigenvalue weighted by Gasteiger charge is -2.22. The van der Waals surface area contributed by atoms with Gasteiger partial charge in [-0.25, -0.2) is 8.42 Å². The first-order valence-electron chi connectivity index (χ1n) is 7.27. The van der Waals surface area contributed by atoms with Gasteiger partial charge in [0.05, 0.1) is 4.90 Å². The number of amides is 1. The van der Waals surface area contributed by atoms with Crippen molar-refractivity contribution in [2.45, 2.75) is 30.6 Å². The Morgan fingerprint density at radius 1 is 1.05 bits per heavy atom. The molecule has 114 valence electrons. The smallest absolute Gasteiger partial charge is 0.261 e. The highest BCUT2D eigenvalue weighted by Crippen LogP contribution is 2.34. The summed E-state index contributed by atoms with van der Waals surface area (Å²) in [6.45, 7) is 1.65. The molecule has 0 saturated heterocycles. The van der Waals surface area contributed by atoms with Gasteiger partial charge in [0, 0.05) is 29.3 Å². The zero-order chi connectivity index (χ0) is 15.0. The molecule has 0 aliphatic heterocycles. The summed E-state index contributed by atoms with van der Waals surface area (Å²) in [5.41, 5.74) is 0.528. The molecular formula is C15H18ClNO3S. The van der Waals surface area contributed by atoms with Gasteiger partial charge in [0.25, 0.3) is 15.0 Å². The molecule has 6 heteroatoms. The molecule has 1 amide bonds. The first-order chi connectivity index (χ1) is 9.93. The molecule has 2 fully saturated rings.